The zero-order valence-electron chi connectivity index (χ0n) is 11.3. The smallest absolute Gasteiger partial charge is 0.125 e. The van der Waals surface area contributed by atoms with Crippen molar-refractivity contribution in [3.05, 3.63) is 59.9 Å². The molecule has 0 unspecified atom stereocenters. The highest BCUT2D eigenvalue weighted by molar-refractivity contribution is 5.43. The van der Waals surface area contributed by atoms with Crippen LogP contribution < -0.4 is 10.1 Å². The maximum atomic E-state index is 13.0. The molecule has 0 saturated heterocycles. The summed E-state index contributed by atoms with van der Waals surface area (Å²) in [5.74, 6) is 0.477. The monoisotopic (exact) mass is 275 g/mol. The van der Waals surface area contributed by atoms with E-state index >= 15 is 0 Å². The lowest BCUT2D eigenvalue weighted by Crippen LogP contribution is -2.21. The number of ether oxygens (including phenoxy) is 1. The van der Waals surface area contributed by atoms with Crippen LogP contribution in [0.3, 0.4) is 0 Å². The number of hydrogen-bond acceptors (Lipinski definition) is 3. The lowest BCUT2D eigenvalue weighted by atomic mass is 10.1. The van der Waals surface area contributed by atoms with Crippen molar-refractivity contribution < 1.29 is 14.2 Å². The summed E-state index contributed by atoms with van der Waals surface area (Å²) in [7, 11) is 1.61. The minimum atomic E-state index is -0.551. The number of benzene rings is 2. The Hall–Kier alpha value is -2.07. The van der Waals surface area contributed by atoms with Gasteiger partial charge in [-0.2, -0.15) is 0 Å². The first-order valence-corrected chi connectivity index (χ1v) is 6.48. The Morgan fingerprint density at radius 2 is 2.00 bits per heavy atom. The van der Waals surface area contributed by atoms with Crippen LogP contribution in [0.5, 0.6) is 5.75 Å². The van der Waals surface area contributed by atoms with Crippen molar-refractivity contribution in [3.8, 4) is 5.75 Å². The van der Waals surface area contributed by atoms with Crippen LogP contribution in [0.2, 0.25) is 0 Å². The van der Waals surface area contributed by atoms with Crippen molar-refractivity contribution in [2.45, 2.75) is 12.5 Å². The van der Waals surface area contributed by atoms with Crippen molar-refractivity contribution in [1.29, 1.82) is 0 Å². The van der Waals surface area contributed by atoms with Crippen molar-refractivity contribution in [3.63, 3.8) is 0 Å². The number of nitrogens with one attached hydrogen (secondary N) is 1. The average Bonchev–Trinajstić information content (AvgIpc) is 2.45. The Balaban J connectivity index is 1.87. The molecule has 1 atom stereocenters. The molecule has 0 aliphatic heterocycles. The molecule has 0 aliphatic rings. The second-order valence-electron chi connectivity index (χ2n) is 4.60. The molecule has 0 heterocycles. The summed E-state index contributed by atoms with van der Waals surface area (Å²) in [5.41, 5.74) is 1.66. The maximum absolute atomic E-state index is 13.0. The number of hydrogen-bond donors (Lipinski definition) is 2. The highest BCUT2D eigenvalue weighted by atomic mass is 19.1. The van der Waals surface area contributed by atoms with Gasteiger partial charge < -0.3 is 15.2 Å². The molecule has 106 valence electrons. The van der Waals surface area contributed by atoms with E-state index in [-0.39, 0.29) is 5.82 Å². The summed E-state index contributed by atoms with van der Waals surface area (Å²) in [6.45, 7) is 0.362. The molecule has 3 nitrogen and oxygen atoms in total. The summed E-state index contributed by atoms with van der Waals surface area (Å²) < 4.78 is 18.1. The predicted molar refractivity (Wildman–Crippen MR) is 77.6 cm³/mol. The van der Waals surface area contributed by atoms with Crippen molar-refractivity contribution in [2.75, 3.05) is 19.0 Å². The molecule has 2 rings (SSSR count). The average molecular weight is 275 g/mol. The van der Waals surface area contributed by atoms with Crippen LogP contribution in [0.25, 0.3) is 0 Å². The molecule has 0 saturated carbocycles. The number of rotatable bonds is 6. The van der Waals surface area contributed by atoms with Crippen LogP contribution >= 0.6 is 0 Å². The van der Waals surface area contributed by atoms with E-state index in [1.807, 2.05) is 24.3 Å². The zero-order chi connectivity index (χ0) is 14.4. The van der Waals surface area contributed by atoms with Gasteiger partial charge in [-0.05, 0) is 35.9 Å². The van der Waals surface area contributed by atoms with Gasteiger partial charge >= 0.3 is 0 Å². The Bertz CT molecular complexity index is 560. The first-order valence-electron chi connectivity index (χ1n) is 6.48. The molecular formula is C16H18FNO2. The van der Waals surface area contributed by atoms with E-state index in [2.05, 4.69) is 5.32 Å². The number of methoxy groups -OCH3 is 1. The number of anilines is 1. The van der Waals surface area contributed by atoms with Gasteiger partial charge in [-0.25, -0.2) is 4.39 Å². The molecule has 4 heteroatoms. The van der Waals surface area contributed by atoms with Gasteiger partial charge in [-0.15, -0.1) is 0 Å². The Morgan fingerprint density at radius 3 is 2.75 bits per heavy atom. The van der Waals surface area contributed by atoms with Gasteiger partial charge in [0.1, 0.15) is 11.6 Å². The van der Waals surface area contributed by atoms with E-state index in [4.69, 9.17) is 4.74 Å². The quantitative estimate of drug-likeness (QED) is 0.851. The minimum Gasteiger partial charge on any atom is -0.497 e. The second-order valence-corrected chi connectivity index (χ2v) is 4.60. The summed E-state index contributed by atoms with van der Waals surface area (Å²) >= 11 is 0. The lowest BCUT2D eigenvalue weighted by molar-refractivity contribution is 0.188. The fourth-order valence-corrected chi connectivity index (χ4v) is 1.98. The molecule has 2 N–H and O–H groups in total. The highest BCUT2D eigenvalue weighted by Crippen LogP contribution is 2.14. The van der Waals surface area contributed by atoms with Crippen LogP contribution in [-0.2, 0) is 6.42 Å². The summed E-state index contributed by atoms with van der Waals surface area (Å²) in [6, 6.07) is 13.8. The first-order chi connectivity index (χ1) is 9.67. The van der Waals surface area contributed by atoms with Crippen LogP contribution in [0.1, 0.15) is 5.56 Å². The topological polar surface area (TPSA) is 41.5 Å². The van der Waals surface area contributed by atoms with Crippen molar-refractivity contribution in [2.24, 2.45) is 0 Å². The molecule has 0 aliphatic carbocycles. The standard InChI is InChI=1S/C16H18FNO2/c1-20-16-7-2-4-12(9-16)8-15(19)11-18-14-6-3-5-13(17)10-14/h2-7,9-10,15,18-19H,8,11H2,1H3/t15-/m0/s1. The fraction of sp³-hybridized carbons (Fsp3) is 0.250. The summed E-state index contributed by atoms with van der Waals surface area (Å²) in [5, 5.41) is 13.0. The largest absolute Gasteiger partial charge is 0.497 e. The van der Waals surface area contributed by atoms with Gasteiger partial charge in [-0.3, -0.25) is 0 Å². The molecule has 0 fully saturated rings. The van der Waals surface area contributed by atoms with Gasteiger partial charge in [0.15, 0.2) is 0 Å². The molecule has 2 aromatic carbocycles. The van der Waals surface area contributed by atoms with E-state index in [0.717, 1.165) is 11.3 Å². The summed E-state index contributed by atoms with van der Waals surface area (Å²) in [4.78, 5) is 0. The number of halogens is 1. The van der Waals surface area contributed by atoms with Gasteiger partial charge in [0, 0.05) is 18.7 Å². The predicted octanol–water partition coefficient (Wildman–Crippen LogP) is 2.85. The fourth-order valence-electron chi connectivity index (χ4n) is 1.98. The molecule has 0 amide bonds. The molecular weight excluding hydrogens is 257 g/mol. The van der Waals surface area contributed by atoms with Gasteiger partial charge in [0.2, 0.25) is 0 Å². The van der Waals surface area contributed by atoms with Crippen LogP contribution in [0.4, 0.5) is 10.1 Å². The third kappa shape index (κ3) is 4.24. The normalized spacial score (nSPS) is 11.9. The van der Waals surface area contributed by atoms with E-state index < -0.39 is 6.10 Å². The highest BCUT2D eigenvalue weighted by Gasteiger charge is 2.06. The van der Waals surface area contributed by atoms with Crippen molar-refractivity contribution in [1.82, 2.24) is 0 Å². The molecule has 0 bridgehead atoms. The van der Waals surface area contributed by atoms with Gasteiger partial charge in [0.25, 0.3) is 0 Å². The Morgan fingerprint density at radius 1 is 1.20 bits per heavy atom. The maximum Gasteiger partial charge on any atom is 0.125 e. The first kappa shape index (κ1) is 14.3. The van der Waals surface area contributed by atoms with E-state index in [9.17, 15) is 9.50 Å². The SMILES string of the molecule is COc1cccc(C[C@H](O)CNc2cccc(F)c2)c1. The Kier molecular flexibility index (Phi) is 4.96. The number of aliphatic hydroxyl groups is 1. The molecule has 0 radical (unpaired) electrons. The molecule has 0 spiro atoms. The Labute approximate surface area is 118 Å². The number of aliphatic hydroxyl groups excluding tert-OH is 1. The third-order valence-corrected chi connectivity index (χ3v) is 2.97. The van der Waals surface area contributed by atoms with Crippen molar-refractivity contribution >= 4 is 5.69 Å². The van der Waals surface area contributed by atoms with Crippen LogP contribution in [0, 0.1) is 5.82 Å². The molecule has 0 aromatic heterocycles. The third-order valence-electron chi connectivity index (χ3n) is 2.97. The molecule has 2 aromatic rings. The van der Waals surface area contributed by atoms with E-state index in [1.165, 1.54) is 12.1 Å². The van der Waals surface area contributed by atoms with Gasteiger partial charge in [-0.1, -0.05) is 18.2 Å². The lowest BCUT2D eigenvalue weighted by Gasteiger charge is -2.13. The van der Waals surface area contributed by atoms with Crippen LogP contribution in [-0.4, -0.2) is 24.9 Å². The van der Waals surface area contributed by atoms with Gasteiger partial charge in [0.05, 0.1) is 13.2 Å². The summed E-state index contributed by atoms with van der Waals surface area (Å²) in [6.07, 6.45) is -0.0372. The molecule has 20 heavy (non-hydrogen) atoms. The van der Waals surface area contributed by atoms with E-state index in [0.29, 0.717) is 18.7 Å². The minimum absolute atomic E-state index is 0.294. The second kappa shape index (κ2) is 6.91. The zero-order valence-corrected chi connectivity index (χ0v) is 11.3. The van der Waals surface area contributed by atoms with Crippen LogP contribution in [0.15, 0.2) is 48.5 Å². The van der Waals surface area contributed by atoms with E-state index in [1.54, 1.807) is 19.2 Å².